The van der Waals surface area contributed by atoms with Crippen LogP contribution in [0.5, 0.6) is 11.5 Å². The third-order valence-corrected chi connectivity index (χ3v) is 5.47. The molecular formula is C21H19Cl2NO4S. The van der Waals surface area contributed by atoms with Crippen LogP contribution in [0.15, 0.2) is 41.3 Å². The number of halogens is 2. The second-order valence-corrected chi connectivity index (χ2v) is 8.43. The van der Waals surface area contributed by atoms with E-state index in [1.54, 1.807) is 42.5 Å². The Hall–Kier alpha value is -2.15. The van der Waals surface area contributed by atoms with Gasteiger partial charge in [0.15, 0.2) is 11.5 Å². The number of amides is 2. The van der Waals surface area contributed by atoms with Crippen molar-refractivity contribution in [1.82, 2.24) is 4.90 Å². The van der Waals surface area contributed by atoms with Crippen LogP contribution < -0.4 is 9.47 Å². The average molecular weight is 452 g/mol. The lowest BCUT2D eigenvalue weighted by atomic mass is 10.1. The van der Waals surface area contributed by atoms with Gasteiger partial charge in [0.1, 0.15) is 0 Å². The lowest BCUT2D eigenvalue weighted by Gasteiger charge is -2.15. The van der Waals surface area contributed by atoms with Crippen LogP contribution in [0, 0.1) is 0 Å². The summed E-state index contributed by atoms with van der Waals surface area (Å²) in [5, 5.41) is 0.636. The molecule has 0 saturated carbocycles. The molecule has 1 fully saturated rings. The van der Waals surface area contributed by atoms with Crippen molar-refractivity contribution in [2.24, 2.45) is 0 Å². The number of thioether (sulfide) groups is 1. The molecular weight excluding hydrogens is 433 g/mol. The van der Waals surface area contributed by atoms with E-state index in [1.807, 2.05) is 13.8 Å². The molecule has 0 unspecified atom stereocenters. The predicted octanol–water partition coefficient (Wildman–Crippen LogP) is 6.03. The Bertz CT molecular complexity index is 973. The number of hydrogen-bond donors (Lipinski definition) is 0. The van der Waals surface area contributed by atoms with E-state index in [0.717, 1.165) is 17.3 Å². The van der Waals surface area contributed by atoms with Gasteiger partial charge in [-0.1, -0.05) is 35.3 Å². The lowest BCUT2D eigenvalue weighted by molar-refractivity contribution is -0.123. The highest BCUT2D eigenvalue weighted by molar-refractivity contribution is 8.18. The van der Waals surface area contributed by atoms with Gasteiger partial charge in [-0.15, -0.1) is 0 Å². The summed E-state index contributed by atoms with van der Waals surface area (Å²) in [6, 6.07) is 10.4. The van der Waals surface area contributed by atoms with Crippen LogP contribution in [0.2, 0.25) is 10.0 Å². The van der Waals surface area contributed by atoms with E-state index >= 15 is 0 Å². The topological polar surface area (TPSA) is 55.8 Å². The fourth-order valence-corrected chi connectivity index (χ4v) is 3.96. The molecule has 0 N–H and O–H groups in total. The summed E-state index contributed by atoms with van der Waals surface area (Å²) < 4.78 is 11.1. The zero-order chi connectivity index (χ0) is 21.1. The molecule has 2 aromatic rings. The van der Waals surface area contributed by atoms with Gasteiger partial charge in [-0.3, -0.25) is 14.5 Å². The molecule has 1 heterocycles. The summed E-state index contributed by atoms with van der Waals surface area (Å²) in [6.07, 6.45) is 1.55. The van der Waals surface area contributed by atoms with E-state index in [9.17, 15) is 9.59 Å². The molecule has 0 radical (unpaired) electrons. The number of nitrogens with zero attached hydrogens (tertiary/aromatic N) is 1. The van der Waals surface area contributed by atoms with E-state index in [4.69, 9.17) is 32.7 Å². The highest BCUT2D eigenvalue weighted by atomic mass is 35.5. The predicted molar refractivity (Wildman–Crippen MR) is 117 cm³/mol. The largest absolute Gasteiger partial charge is 0.493 e. The molecule has 0 aromatic heterocycles. The first-order valence-electron chi connectivity index (χ1n) is 8.82. The molecule has 0 bridgehead atoms. The van der Waals surface area contributed by atoms with E-state index in [0.29, 0.717) is 32.0 Å². The average Bonchev–Trinajstić information content (AvgIpc) is 2.92. The molecule has 5 nitrogen and oxygen atoms in total. The number of methoxy groups -OCH3 is 1. The Balaban J connectivity index is 1.85. The Kier molecular flexibility index (Phi) is 6.77. The number of carbonyl (C=O) groups excluding carboxylic acids is 2. The van der Waals surface area contributed by atoms with E-state index < -0.39 is 0 Å². The molecule has 29 heavy (non-hydrogen) atoms. The number of benzene rings is 2. The van der Waals surface area contributed by atoms with Crippen LogP contribution in [-0.4, -0.2) is 29.3 Å². The number of hydrogen-bond acceptors (Lipinski definition) is 5. The summed E-state index contributed by atoms with van der Waals surface area (Å²) >= 11 is 13.1. The first-order chi connectivity index (χ1) is 13.8. The van der Waals surface area contributed by atoms with Gasteiger partial charge in [-0.05, 0) is 67.1 Å². The summed E-state index contributed by atoms with van der Waals surface area (Å²) in [5.41, 5.74) is 1.46. The highest BCUT2D eigenvalue weighted by Gasteiger charge is 2.35. The van der Waals surface area contributed by atoms with Gasteiger partial charge in [0, 0.05) is 5.02 Å². The van der Waals surface area contributed by atoms with Crippen molar-refractivity contribution in [3.05, 3.63) is 62.5 Å². The molecule has 2 aromatic carbocycles. The van der Waals surface area contributed by atoms with Gasteiger partial charge in [0.2, 0.25) is 0 Å². The normalized spacial score (nSPS) is 15.5. The second-order valence-electron chi connectivity index (χ2n) is 6.60. The monoisotopic (exact) mass is 451 g/mol. The Morgan fingerprint density at radius 3 is 2.45 bits per heavy atom. The Morgan fingerprint density at radius 1 is 1.14 bits per heavy atom. The standard InChI is InChI=1S/C21H19Cl2NO4S/c1-12(2)28-19-16(23)8-14(9-17(19)27-3)10-18-20(25)24(21(26)29-18)11-13-4-6-15(22)7-5-13/h4-10,12H,11H2,1-3H3/b18-10-. The molecule has 0 aliphatic carbocycles. The maximum absolute atomic E-state index is 12.7. The molecule has 1 aliphatic heterocycles. The summed E-state index contributed by atoms with van der Waals surface area (Å²) in [7, 11) is 1.52. The minimum atomic E-state index is -0.354. The smallest absolute Gasteiger partial charge is 0.293 e. The minimum absolute atomic E-state index is 0.0726. The van der Waals surface area contributed by atoms with Crippen LogP contribution in [0.1, 0.15) is 25.0 Å². The van der Waals surface area contributed by atoms with E-state index in [-0.39, 0.29) is 23.8 Å². The molecule has 1 aliphatic rings. The van der Waals surface area contributed by atoms with Crippen molar-refractivity contribution in [2.45, 2.75) is 26.5 Å². The number of ether oxygens (including phenoxy) is 2. The Labute approximate surface area is 183 Å². The van der Waals surface area contributed by atoms with E-state index in [2.05, 4.69) is 0 Å². The molecule has 0 atom stereocenters. The fourth-order valence-electron chi connectivity index (χ4n) is 2.73. The highest BCUT2D eigenvalue weighted by Crippen LogP contribution is 2.39. The van der Waals surface area contributed by atoms with Gasteiger partial charge in [0.05, 0.1) is 29.7 Å². The van der Waals surface area contributed by atoms with Crippen LogP contribution in [0.4, 0.5) is 4.79 Å². The van der Waals surface area contributed by atoms with Crippen LogP contribution in [-0.2, 0) is 11.3 Å². The van der Waals surface area contributed by atoms with Crippen molar-refractivity contribution in [2.75, 3.05) is 7.11 Å². The molecule has 8 heteroatoms. The minimum Gasteiger partial charge on any atom is -0.493 e. The first kappa shape index (κ1) is 21.6. The van der Waals surface area contributed by atoms with Crippen LogP contribution >= 0.6 is 35.0 Å². The zero-order valence-electron chi connectivity index (χ0n) is 16.1. The lowest BCUT2D eigenvalue weighted by Crippen LogP contribution is -2.27. The Morgan fingerprint density at radius 2 is 1.83 bits per heavy atom. The van der Waals surface area contributed by atoms with Gasteiger partial charge in [0.25, 0.3) is 11.1 Å². The third-order valence-electron chi connectivity index (χ3n) is 4.03. The van der Waals surface area contributed by atoms with Crippen LogP contribution in [0.25, 0.3) is 6.08 Å². The molecule has 3 rings (SSSR count). The molecule has 2 amide bonds. The summed E-state index contributed by atoms with van der Waals surface area (Å²) in [4.78, 5) is 26.6. The molecule has 0 spiro atoms. The number of carbonyl (C=O) groups is 2. The van der Waals surface area contributed by atoms with Gasteiger partial charge in [-0.25, -0.2) is 0 Å². The fraction of sp³-hybridized carbons (Fsp3) is 0.238. The SMILES string of the molecule is COc1cc(/C=C2\SC(=O)N(Cc3ccc(Cl)cc3)C2=O)cc(Cl)c1OC(C)C. The van der Waals surface area contributed by atoms with Crippen molar-refractivity contribution in [3.63, 3.8) is 0 Å². The summed E-state index contributed by atoms with van der Waals surface area (Å²) in [5.74, 6) is 0.544. The van der Waals surface area contributed by atoms with E-state index in [1.165, 1.54) is 12.0 Å². The van der Waals surface area contributed by atoms with Gasteiger partial charge < -0.3 is 9.47 Å². The third kappa shape index (κ3) is 5.07. The molecule has 152 valence electrons. The maximum atomic E-state index is 12.7. The van der Waals surface area contributed by atoms with Gasteiger partial charge >= 0.3 is 0 Å². The number of imide groups is 1. The zero-order valence-corrected chi connectivity index (χ0v) is 18.4. The second kappa shape index (κ2) is 9.11. The van der Waals surface area contributed by atoms with Gasteiger partial charge in [-0.2, -0.15) is 0 Å². The van der Waals surface area contributed by atoms with Crippen LogP contribution in [0.3, 0.4) is 0 Å². The molecule has 1 saturated heterocycles. The number of rotatable bonds is 6. The maximum Gasteiger partial charge on any atom is 0.293 e. The van der Waals surface area contributed by atoms with Crippen molar-refractivity contribution in [3.8, 4) is 11.5 Å². The quantitative estimate of drug-likeness (QED) is 0.502. The van der Waals surface area contributed by atoms with Crippen molar-refractivity contribution >= 4 is 52.2 Å². The van der Waals surface area contributed by atoms with Crippen molar-refractivity contribution < 1.29 is 19.1 Å². The summed E-state index contributed by atoms with van der Waals surface area (Å²) in [6.45, 7) is 3.96. The van der Waals surface area contributed by atoms with Crippen molar-refractivity contribution in [1.29, 1.82) is 0 Å². The first-order valence-corrected chi connectivity index (χ1v) is 10.4.